The monoisotopic (exact) mass is 242 g/mol. The second kappa shape index (κ2) is 5.88. The van der Waals surface area contributed by atoms with Crippen molar-refractivity contribution in [3.05, 3.63) is 12.2 Å². The van der Waals surface area contributed by atoms with Crippen molar-refractivity contribution < 1.29 is 24.6 Å². The lowest BCUT2D eigenvalue weighted by molar-refractivity contribution is -0.145. The lowest BCUT2D eigenvalue weighted by atomic mass is 10.2. The second-order valence-electron chi connectivity index (χ2n) is 3.75. The van der Waals surface area contributed by atoms with E-state index in [0.717, 1.165) is 0 Å². The molecule has 4 N–H and O–H groups in total. The minimum atomic E-state index is -1.41. The van der Waals surface area contributed by atoms with Gasteiger partial charge in [0.15, 0.2) is 0 Å². The number of rotatable bonds is 5. The average molecular weight is 242 g/mol. The number of hydrogen-bond donors (Lipinski definition) is 4. The predicted molar refractivity (Wildman–Crippen MR) is 57.5 cm³/mol. The molecular formula is C10H14N2O5. The minimum absolute atomic E-state index is 0.0470. The van der Waals surface area contributed by atoms with Crippen LogP contribution in [0.4, 0.5) is 4.79 Å². The molecule has 0 aromatic carbocycles. The van der Waals surface area contributed by atoms with Gasteiger partial charge < -0.3 is 20.8 Å². The van der Waals surface area contributed by atoms with Crippen LogP contribution in [0, 0.1) is 0 Å². The van der Waals surface area contributed by atoms with Crippen LogP contribution in [0.2, 0.25) is 0 Å². The van der Waals surface area contributed by atoms with Crippen molar-refractivity contribution in [3.63, 3.8) is 0 Å². The maximum atomic E-state index is 11.4. The number of carbonyl (C=O) groups is 3. The summed E-state index contributed by atoms with van der Waals surface area (Å²) in [5.74, 6) is -2.65. The Morgan fingerprint density at radius 3 is 2.29 bits per heavy atom. The number of nitrogens with one attached hydrogen (secondary N) is 2. The van der Waals surface area contributed by atoms with E-state index in [1.165, 1.54) is 0 Å². The van der Waals surface area contributed by atoms with Crippen molar-refractivity contribution in [2.45, 2.75) is 31.3 Å². The Bertz CT molecular complexity index is 345. The maximum Gasteiger partial charge on any atom is 0.326 e. The van der Waals surface area contributed by atoms with E-state index < -0.39 is 30.4 Å². The molecule has 1 aliphatic carbocycles. The Morgan fingerprint density at radius 2 is 1.82 bits per heavy atom. The van der Waals surface area contributed by atoms with E-state index in [2.05, 4.69) is 10.6 Å². The van der Waals surface area contributed by atoms with Gasteiger partial charge in [0, 0.05) is 6.04 Å². The van der Waals surface area contributed by atoms with Gasteiger partial charge in [-0.3, -0.25) is 4.79 Å². The number of aliphatic carboxylic acids is 2. The first-order valence-electron chi connectivity index (χ1n) is 5.15. The zero-order valence-corrected chi connectivity index (χ0v) is 9.05. The molecule has 0 heterocycles. The van der Waals surface area contributed by atoms with Crippen molar-refractivity contribution in [3.8, 4) is 0 Å². The fraction of sp³-hybridized carbons (Fsp3) is 0.500. The van der Waals surface area contributed by atoms with Crippen LogP contribution >= 0.6 is 0 Å². The van der Waals surface area contributed by atoms with Gasteiger partial charge in [-0.1, -0.05) is 12.2 Å². The molecule has 1 aliphatic rings. The molecule has 0 saturated carbocycles. The minimum Gasteiger partial charge on any atom is -0.481 e. The third-order valence-corrected chi connectivity index (χ3v) is 2.33. The molecule has 1 rings (SSSR count). The molecule has 1 unspecified atom stereocenters. The predicted octanol–water partition coefficient (Wildman–Crippen LogP) is -0.0679. The van der Waals surface area contributed by atoms with Crippen LogP contribution in [0.25, 0.3) is 0 Å². The van der Waals surface area contributed by atoms with E-state index in [1.54, 1.807) is 0 Å². The quantitative estimate of drug-likeness (QED) is 0.504. The van der Waals surface area contributed by atoms with Gasteiger partial charge in [0.05, 0.1) is 6.42 Å². The van der Waals surface area contributed by atoms with Gasteiger partial charge in [-0.25, -0.2) is 9.59 Å². The molecule has 0 aliphatic heterocycles. The fourth-order valence-corrected chi connectivity index (χ4v) is 1.50. The van der Waals surface area contributed by atoms with Crippen molar-refractivity contribution in [1.82, 2.24) is 10.6 Å². The second-order valence-corrected chi connectivity index (χ2v) is 3.75. The highest BCUT2D eigenvalue weighted by atomic mass is 16.4. The van der Waals surface area contributed by atoms with Crippen molar-refractivity contribution in [2.24, 2.45) is 0 Å². The van der Waals surface area contributed by atoms with Gasteiger partial charge in [0.25, 0.3) is 0 Å². The maximum absolute atomic E-state index is 11.4. The highest BCUT2D eigenvalue weighted by molar-refractivity contribution is 5.86. The smallest absolute Gasteiger partial charge is 0.326 e. The van der Waals surface area contributed by atoms with Crippen LogP contribution < -0.4 is 10.6 Å². The van der Waals surface area contributed by atoms with Gasteiger partial charge in [-0.2, -0.15) is 0 Å². The first-order valence-corrected chi connectivity index (χ1v) is 5.15. The Labute approximate surface area is 97.5 Å². The molecule has 1 atom stereocenters. The third-order valence-electron chi connectivity index (χ3n) is 2.33. The highest BCUT2D eigenvalue weighted by Gasteiger charge is 2.24. The number of hydrogen-bond acceptors (Lipinski definition) is 3. The summed E-state index contributed by atoms with van der Waals surface area (Å²) in [6, 6.07) is -2.12. The lowest BCUT2D eigenvalue weighted by Gasteiger charge is -2.16. The Hall–Kier alpha value is -2.05. The Morgan fingerprint density at radius 1 is 1.24 bits per heavy atom. The number of carbonyl (C=O) groups excluding carboxylic acids is 1. The van der Waals surface area contributed by atoms with Crippen LogP contribution in [0.3, 0.4) is 0 Å². The van der Waals surface area contributed by atoms with Gasteiger partial charge in [0.2, 0.25) is 0 Å². The summed E-state index contributed by atoms with van der Waals surface area (Å²) < 4.78 is 0. The number of urea groups is 1. The van der Waals surface area contributed by atoms with E-state index in [0.29, 0.717) is 12.8 Å². The largest absolute Gasteiger partial charge is 0.481 e. The molecule has 17 heavy (non-hydrogen) atoms. The molecule has 7 nitrogen and oxygen atoms in total. The average Bonchev–Trinajstić information content (AvgIpc) is 2.68. The SMILES string of the molecule is O=C(O)CC(NC(=O)NC1CC=CC1)C(=O)O. The lowest BCUT2D eigenvalue weighted by Crippen LogP contribution is -2.49. The number of carboxylic acids is 2. The summed E-state index contributed by atoms with van der Waals surface area (Å²) in [5, 5.41) is 21.9. The van der Waals surface area contributed by atoms with Crippen molar-refractivity contribution in [1.29, 1.82) is 0 Å². The first kappa shape index (κ1) is 13.0. The molecule has 7 heteroatoms. The normalized spacial score (nSPS) is 16.5. The summed E-state index contributed by atoms with van der Waals surface area (Å²) in [4.78, 5) is 32.5. The van der Waals surface area contributed by atoms with E-state index in [1.807, 2.05) is 12.2 Å². The molecule has 0 fully saturated rings. The van der Waals surface area contributed by atoms with Gasteiger partial charge in [0.1, 0.15) is 6.04 Å². The van der Waals surface area contributed by atoms with Crippen LogP contribution in [0.15, 0.2) is 12.2 Å². The Balaban J connectivity index is 2.40. The van der Waals surface area contributed by atoms with Crippen LogP contribution in [-0.2, 0) is 9.59 Å². The summed E-state index contributed by atoms with van der Waals surface area (Å²) in [7, 11) is 0. The van der Waals surface area contributed by atoms with Crippen molar-refractivity contribution in [2.75, 3.05) is 0 Å². The van der Waals surface area contributed by atoms with Crippen molar-refractivity contribution >= 4 is 18.0 Å². The molecule has 0 spiro atoms. The third kappa shape index (κ3) is 4.54. The van der Waals surface area contributed by atoms with E-state index >= 15 is 0 Å². The molecule has 0 bridgehead atoms. The number of amides is 2. The molecule has 0 saturated heterocycles. The molecule has 0 radical (unpaired) electrons. The molecule has 2 amide bonds. The Kier molecular flexibility index (Phi) is 4.50. The van der Waals surface area contributed by atoms with E-state index in [9.17, 15) is 14.4 Å². The van der Waals surface area contributed by atoms with Gasteiger partial charge in [-0.15, -0.1) is 0 Å². The van der Waals surface area contributed by atoms with Crippen LogP contribution in [0.5, 0.6) is 0 Å². The highest BCUT2D eigenvalue weighted by Crippen LogP contribution is 2.08. The van der Waals surface area contributed by atoms with Gasteiger partial charge >= 0.3 is 18.0 Å². The van der Waals surface area contributed by atoms with Gasteiger partial charge in [-0.05, 0) is 12.8 Å². The zero-order valence-electron chi connectivity index (χ0n) is 9.05. The van der Waals surface area contributed by atoms with Crippen LogP contribution in [-0.4, -0.2) is 40.3 Å². The topological polar surface area (TPSA) is 116 Å². The van der Waals surface area contributed by atoms with E-state index in [4.69, 9.17) is 10.2 Å². The zero-order chi connectivity index (χ0) is 12.8. The van der Waals surface area contributed by atoms with Crippen LogP contribution in [0.1, 0.15) is 19.3 Å². The summed E-state index contributed by atoms with van der Waals surface area (Å²) in [5.41, 5.74) is 0. The summed E-state index contributed by atoms with van der Waals surface area (Å²) in [6.07, 6.45) is 4.58. The summed E-state index contributed by atoms with van der Waals surface area (Å²) in [6.45, 7) is 0. The standard InChI is InChI=1S/C10H14N2O5/c13-8(14)5-7(9(15)16)12-10(17)11-6-3-1-2-4-6/h1-2,6-7H,3-5H2,(H,13,14)(H,15,16)(H2,11,12,17). The van der Waals surface area contributed by atoms with E-state index in [-0.39, 0.29) is 6.04 Å². The molecule has 94 valence electrons. The molecular weight excluding hydrogens is 228 g/mol. The molecule has 0 aromatic heterocycles. The first-order chi connectivity index (χ1) is 7.99. The number of carboxylic acid groups (broad SMARTS) is 2. The summed E-state index contributed by atoms with van der Waals surface area (Å²) >= 11 is 0. The fourth-order valence-electron chi connectivity index (χ4n) is 1.50. The molecule has 0 aromatic rings.